The third-order valence-electron chi connectivity index (χ3n) is 1.58. The van der Waals surface area contributed by atoms with Crippen LogP contribution in [0.4, 0.5) is 5.82 Å². The van der Waals surface area contributed by atoms with Crippen LogP contribution in [0.2, 0.25) is 0 Å². The Morgan fingerprint density at radius 2 is 2.31 bits per heavy atom. The molecule has 0 amide bonds. The Morgan fingerprint density at radius 1 is 1.54 bits per heavy atom. The number of hydrogen-bond acceptors (Lipinski definition) is 5. The van der Waals surface area contributed by atoms with Crippen molar-refractivity contribution in [1.29, 1.82) is 0 Å². The van der Waals surface area contributed by atoms with Gasteiger partial charge in [0.2, 0.25) is 0 Å². The van der Waals surface area contributed by atoms with Crippen LogP contribution in [0.15, 0.2) is 11.1 Å². The summed E-state index contributed by atoms with van der Waals surface area (Å²) < 4.78 is 0. The highest BCUT2D eigenvalue weighted by Gasteiger charge is 2.01. The van der Waals surface area contributed by atoms with Crippen molar-refractivity contribution in [2.75, 3.05) is 11.7 Å². The fourth-order valence-electron chi connectivity index (χ4n) is 0.987. The number of hydrogen-bond donors (Lipinski definition) is 2. The first-order valence-corrected chi connectivity index (χ1v) is 5.41. The monoisotopic (exact) mass is 198 g/mol. The third kappa shape index (κ3) is 2.86. The SMILES string of the molecule is CCCc1nc(NN)cc(SC)n1. The number of nitrogens with zero attached hydrogens (tertiary/aromatic N) is 2. The smallest absolute Gasteiger partial charge is 0.144 e. The summed E-state index contributed by atoms with van der Waals surface area (Å²) in [6, 6.07) is 1.84. The molecule has 0 radical (unpaired) electrons. The van der Waals surface area contributed by atoms with Gasteiger partial charge in [-0.2, -0.15) is 0 Å². The normalized spacial score (nSPS) is 10.1. The summed E-state index contributed by atoms with van der Waals surface area (Å²) in [7, 11) is 0. The van der Waals surface area contributed by atoms with Crippen LogP contribution >= 0.6 is 11.8 Å². The molecule has 0 saturated carbocycles. The van der Waals surface area contributed by atoms with E-state index in [-0.39, 0.29) is 0 Å². The van der Waals surface area contributed by atoms with Gasteiger partial charge in [-0.3, -0.25) is 0 Å². The van der Waals surface area contributed by atoms with Crippen LogP contribution in [-0.2, 0) is 6.42 Å². The molecule has 0 atom stereocenters. The van der Waals surface area contributed by atoms with Crippen molar-refractivity contribution in [1.82, 2.24) is 9.97 Å². The molecule has 4 nitrogen and oxygen atoms in total. The molecule has 0 aliphatic rings. The van der Waals surface area contributed by atoms with E-state index in [9.17, 15) is 0 Å². The second-order valence-corrected chi connectivity index (χ2v) is 3.43. The fourth-order valence-corrected chi connectivity index (χ4v) is 1.41. The minimum Gasteiger partial charge on any atom is -0.308 e. The number of hydrazine groups is 1. The van der Waals surface area contributed by atoms with Gasteiger partial charge in [-0.15, -0.1) is 11.8 Å². The first kappa shape index (κ1) is 10.3. The summed E-state index contributed by atoms with van der Waals surface area (Å²) in [5, 5.41) is 0.950. The lowest BCUT2D eigenvalue weighted by molar-refractivity contribution is 0.811. The van der Waals surface area contributed by atoms with E-state index in [1.54, 1.807) is 11.8 Å². The zero-order valence-electron chi connectivity index (χ0n) is 7.87. The van der Waals surface area contributed by atoms with Crippen LogP contribution < -0.4 is 11.3 Å². The van der Waals surface area contributed by atoms with Crippen LogP contribution in [0.25, 0.3) is 0 Å². The topological polar surface area (TPSA) is 63.8 Å². The average Bonchev–Trinajstić information content (AvgIpc) is 2.17. The van der Waals surface area contributed by atoms with E-state index in [0.717, 1.165) is 23.7 Å². The third-order valence-corrected chi connectivity index (χ3v) is 2.21. The van der Waals surface area contributed by atoms with Gasteiger partial charge in [0.05, 0.1) is 0 Å². The van der Waals surface area contributed by atoms with E-state index < -0.39 is 0 Å². The van der Waals surface area contributed by atoms with Crippen molar-refractivity contribution in [2.45, 2.75) is 24.8 Å². The Morgan fingerprint density at radius 3 is 2.85 bits per heavy atom. The summed E-state index contributed by atoms with van der Waals surface area (Å²) >= 11 is 1.59. The van der Waals surface area contributed by atoms with Crippen molar-refractivity contribution in [3.63, 3.8) is 0 Å². The molecule has 0 bridgehead atoms. The van der Waals surface area contributed by atoms with Gasteiger partial charge in [-0.1, -0.05) is 6.92 Å². The van der Waals surface area contributed by atoms with Crippen molar-refractivity contribution in [3.8, 4) is 0 Å². The van der Waals surface area contributed by atoms with E-state index in [0.29, 0.717) is 5.82 Å². The molecule has 5 heteroatoms. The molecule has 1 rings (SSSR count). The fraction of sp³-hybridized carbons (Fsp3) is 0.500. The van der Waals surface area contributed by atoms with E-state index in [1.807, 2.05) is 12.3 Å². The van der Waals surface area contributed by atoms with E-state index >= 15 is 0 Å². The van der Waals surface area contributed by atoms with Gasteiger partial charge in [0.15, 0.2) is 0 Å². The highest BCUT2D eigenvalue weighted by Crippen LogP contribution is 2.15. The zero-order chi connectivity index (χ0) is 9.68. The largest absolute Gasteiger partial charge is 0.308 e. The van der Waals surface area contributed by atoms with Crippen molar-refractivity contribution >= 4 is 17.6 Å². The maximum absolute atomic E-state index is 5.29. The van der Waals surface area contributed by atoms with Gasteiger partial charge in [0.25, 0.3) is 0 Å². The van der Waals surface area contributed by atoms with Gasteiger partial charge in [-0.25, -0.2) is 15.8 Å². The molecule has 0 fully saturated rings. The van der Waals surface area contributed by atoms with Gasteiger partial charge in [0.1, 0.15) is 16.7 Å². The summed E-state index contributed by atoms with van der Waals surface area (Å²) in [5.41, 5.74) is 2.54. The predicted octanol–water partition coefficient (Wildman–Crippen LogP) is 1.44. The number of nitrogens with two attached hydrogens (primary N) is 1. The summed E-state index contributed by atoms with van der Waals surface area (Å²) in [4.78, 5) is 8.57. The summed E-state index contributed by atoms with van der Waals surface area (Å²) in [6.07, 6.45) is 3.92. The molecule has 1 aromatic heterocycles. The molecular formula is C8H14N4S. The minimum absolute atomic E-state index is 0.683. The van der Waals surface area contributed by atoms with E-state index in [2.05, 4.69) is 22.3 Å². The first-order chi connectivity index (χ1) is 6.30. The lowest BCUT2D eigenvalue weighted by atomic mass is 10.3. The molecule has 1 heterocycles. The van der Waals surface area contributed by atoms with E-state index in [1.165, 1.54) is 0 Å². The maximum atomic E-state index is 5.29. The van der Waals surface area contributed by atoms with Gasteiger partial charge < -0.3 is 5.43 Å². The van der Waals surface area contributed by atoms with Crippen molar-refractivity contribution in [2.24, 2.45) is 5.84 Å². The first-order valence-electron chi connectivity index (χ1n) is 4.18. The van der Waals surface area contributed by atoms with Gasteiger partial charge in [0, 0.05) is 12.5 Å². The molecule has 0 spiro atoms. The highest BCUT2D eigenvalue weighted by atomic mass is 32.2. The van der Waals surface area contributed by atoms with Gasteiger partial charge >= 0.3 is 0 Å². The molecule has 0 aromatic carbocycles. The van der Waals surface area contributed by atoms with Crippen molar-refractivity contribution in [3.05, 3.63) is 11.9 Å². The van der Waals surface area contributed by atoms with Crippen LogP contribution in [0.5, 0.6) is 0 Å². The standard InChI is InChI=1S/C8H14N4S/c1-3-4-6-10-7(12-9)5-8(11-6)13-2/h5H,3-4,9H2,1-2H3,(H,10,11,12). The molecule has 72 valence electrons. The highest BCUT2D eigenvalue weighted by molar-refractivity contribution is 7.98. The Balaban J connectivity index is 2.93. The lowest BCUT2D eigenvalue weighted by Crippen LogP contribution is -2.10. The number of nitrogens with one attached hydrogen (secondary N) is 1. The molecule has 0 unspecified atom stereocenters. The number of anilines is 1. The Labute approximate surface area is 82.3 Å². The number of rotatable bonds is 4. The van der Waals surface area contributed by atoms with E-state index in [4.69, 9.17) is 5.84 Å². The zero-order valence-corrected chi connectivity index (χ0v) is 8.69. The van der Waals surface area contributed by atoms with Crippen LogP contribution in [0, 0.1) is 0 Å². The molecular weight excluding hydrogens is 184 g/mol. The molecule has 0 aliphatic heterocycles. The summed E-state index contributed by atoms with van der Waals surface area (Å²) in [6.45, 7) is 2.10. The molecule has 0 saturated heterocycles. The minimum atomic E-state index is 0.683. The predicted molar refractivity (Wildman–Crippen MR) is 55.6 cm³/mol. The van der Waals surface area contributed by atoms with Crippen LogP contribution in [0.3, 0.4) is 0 Å². The number of aromatic nitrogens is 2. The summed E-state index contributed by atoms with van der Waals surface area (Å²) in [5.74, 6) is 6.82. The molecule has 3 N–H and O–H groups in total. The average molecular weight is 198 g/mol. The lowest BCUT2D eigenvalue weighted by Gasteiger charge is -2.04. The van der Waals surface area contributed by atoms with Gasteiger partial charge in [-0.05, 0) is 12.7 Å². The Bertz CT molecular complexity index is 255. The van der Waals surface area contributed by atoms with Crippen LogP contribution in [-0.4, -0.2) is 16.2 Å². The van der Waals surface area contributed by atoms with Crippen molar-refractivity contribution < 1.29 is 0 Å². The second-order valence-electron chi connectivity index (χ2n) is 2.61. The molecule has 0 aliphatic carbocycles. The van der Waals surface area contributed by atoms with Crippen LogP contribution in [0.1, 0.15) is 19.2 Å². The quantitative estimate of drug-likeness (QED) is 0.332. The second kappa shape index (κ2) is 5.04. The number of nitrogen functional groups attached to an aromatic ring is 1. The number of aryl methyl sites for hydroxylation is 1. The Hall–Kier alpha value is -0.810. The maximum Gasteiger partial charge on any atom is 0.144 e. The number of thioether (sulfide) groups is 1. The molecule has 13 heavy (non-hydrogen) atoms. The Kier molecular flexibility index (Phi) is 3.98. The molecule has 1 aromatic rings.